The second kappa shape index (κ2) is 10.3. The summed E-state index contributed by atoms with van der Waals surface area (Å²) >= 11 is 6.59. The van der Waals surface area contributed by atoms with E-state index in [1.54, 1.807) is 26.2 Å². The number of alkyl halides is 3. The molecule has 1 saturated heterocycles. The van der Waals surface area contributed by atoms with Gasteiger partial charge in [-0.05, 0) is 55.0 Å². The van der Waals surface area contributed by atoms with Crippen LogP contribution in [0.3, 0.4) is 0 Å². The van der Waals surface area contributed by atoms with Crippen LogP contribution in [0, 0.1) is 0 Å². The number of amides is 2. The van der Waals surface area contributed by atoms with E-state index in [-0.39, 0.29) is 17.3 Å². The van der Waals surface area contributed by atoms with E-state index in [4.69, 9.17) is 16.3 Å². The monoisotopic (exact) mass is 498 g/mol. The minimum absolute atomic E-state index is 0.0752. The molecule has 0 unspecified atom stereocenters. The zero-order valence-corrected chi connectivity index (χ0v) is 18.9. The molecule has 2 aromatic rings. The molecule has 1 fully saturated rings. The largest absolute Gasteiger partial charge is 0.497 e. The Hall–Kier alpha value is -3.05. The second-order valence-corrected chi connectivity index (χ2v) is 8.46. The Labute approximate surface area is 196 Å². The number of carbonyl (C=O) groups is 2. The molecule has 7 nitrogen and oxygen atoms in total. The predicted molar refractivity (Wildman–Crippen MR) is 122 cm³/mol. The molecule has 0 aromatic heterocycles. The van der Waals surface area contributed by atoms with Crippen molar-refractivity contribution >= 4 is 51.7 Å². The normalized spacial score (nSPS) is 17.8. The molecule has 12 heteroatoms. The molecule has 1 aliphatic rings. The van der Waals surface area contributed by atoms with Crippen LogP contribution in [0.4, 0.5) is 18.9 Å². The first-order valence-corrected chi connectivity index (χ1v) is 10.7. The first-order chi connectivity index (χ1) is 15.6. The summed E-state index contributed by atoms with van der Waals surface area (Å²) in [6.45, 7) is 1.75. The SMILES string of the molecule is COc1ccc(/C(C)=N\N=C2\NC(=O)[C@H](CC(=O)Nc3ccc(Cl)c(C(F)(F)F)c3)S2)cc1. The number of hydrogen-bond donors (Lipinski definition) is 2. The predicted octanol–water partition coefficient (Wildman–Crippen LogP) is 4.71. The van der Waals surface area contributed by atoms with Crippen LogP contribution in [0.2, 0.25) is 5.02 Å². The number of ether oxygens (including phenoxy) is 1. The van der Waals surface area contributed by atoms with E-state index < -0.39 is 33.8 Å². The lowest BCUT2D eigenvalue weighted by atomic mass is 10.1. The van der Waals surface area contributed by atoms with Crippen LogP contribution in [-0.2, 0) is 15.8 Å². The third kappa shape index (κ3) is 6.48. The maximum atomic E-state index is 13.0. The number of thioether (sulfide) groups is 1. The molecule has 1 atom stereocenters. The van der Waals surface area contributed by atoms with Gasteiger partial charge in [0.25, 0.3) is 0 Å². The van der Waals surface area contributed by atoms with Crippen molar-refractivity contribution in [1.82, 2.24) is 5.32 Å². The quantitative estimate of drug-likeness (QED) is 0.446. The Kier molecular flexibility index (Phi) is 7.65. The molecule has 2 amide bonds. The highest BCUT2D eigenvalue weighted by molar-refractivity contribution is 8.15. The van der Waals surface area contributed by atoms with E-state index in [0.717, 1.165) is 29.5 Å². The standard InChI is InChI=1S/C21H18ClF3N4O3S/c1-11(12-3-6-14(32-2)7-4-12)28-29-20-27-19(31)17(33-20)10-18(30)26-13-5-8-16(22)15(9-13)21(23,24)25/h3-9,17H,10H2,1-2H3,(H,26,30)(H,27,29,31)/b28-11-/t17-/m0/s1. The summed E-state index contributed by atoms with van der Waals surface area (Å²) in [5.74, 6) is -0.374. The molecule has 174 valence electrons. The van der Waals surface area contributed by atoms with Gasteiger partial charge < -0.3 is 15.4 Å². The number of rotatable bonds is 6. The number of halogens is 4. The van der Waals surface area contributed by atoms with Gasteiger partial charge in [-0.25, -0.2) is 0 Å². The van der Waals surface area contributed by atoms with Crippen LogP contribution in [-0.4, -0.2) is 35.1 Å². The Morgan fingerprint density at radius 1 is 1.24 bits per heavy atom. The average Bonchev–Trinajstić information content (AvgIpc) is 3.11. The number of amidine groups is 1. The number of anilines is 1. The fourth-order valence-electron chi connectivity index (χ4n) is 2.80. The lowest BCUT2D eigenvalue weighted by Crippen LogP contribution is -2.28. The fourth-order valence-corrected chi connectivity index (χ4v) is 3.94. The van der Waals surface area contributed by atoms with E-state index >= 15 is 0 Å². The van der Waals surface area contributed by atoms with Gasteiger partial charge in [0.05, 0.1) is 23.4 Å². The lowest BCUT2D eigenvalue weighted by molar-refractivity contribution is -0.137. The van der Waals surface area contributed by atoms with Crippen molar-refractivity contribution < 1.29 is 27.5 Å². The number of carbonyl (C=O) groups excluding carboxylic acids is 2. The topological polar surface area (TPSA) is 92.2 Å². The van der Waals surface area contributed by atoms with Crippen LogP contribution in [0.25, 0.3) is 0 Å². The molecular formula is C21H18ClF3N4O3S. The first-order valence-electron chi connectivity index (χ1n) is 9.47. The smallest absolute Gasteiger partial charge is 0.417 e. The summed E-state index contributed by atoms with van der Waals surface area (Å²) < 4.78 is 44.0. The minimum atomic E-state index is -4.66. The lowest BCUT2D eigenvalue weighted by Gasteiger charge is -2.12. The Morgan fingerprint density at radius 2 is 1.94 bits per heavy atom. The van der Waals surface area contributed by atoms with Crippen molar-refractivity contribution in [1.29, 1.82) is 0 Å². The molecular weight excluding hydrogens is 481 g/mol. The van der Waals surface area contributed by atoms with E-state index in [2.05, 4.69) is 20.8 Å². The van der Waals surface area contributed by atoms with Gasteiger partial charge in [-0.15, -0.1) is 5.10 Å². The zero-order chi connectivity index (χ0) is 24.2. The van der Waals surface area contributed by atoms with Crippen molar-refractivity contribution in [3.63, 3.8) is 0 Å². The van der Waals surface area contributed by atoms with Gasteiger partial charge in [0.15, 0.2) is 5.17 Å². The number of benzene rings is 2. The molecule has 1 heterocycles. The summed E-state index contributed by atoms with van der Waals surface area (Å²) in [5, 5.41) is 12.0. The third-order valence-corrected chi connectivity index (χ3v) is 5.90. The molecule has 0 aliphatic carbocycles. The van der Waals surface area contributed by atoms with Crippen LogP contribution in [0.1, 0.15) is 24.5 Å². The maximum Gasteiger partial charge on any atom is 0.417 e. The van der Waals surface area contributed by atoms with Gasteiger partial charge in [0.2, 0.25) is 11.8 Å². The van der Waals surface area contributed by atoms with E-state index in [9.17, 15) is 22.8 Å². The molecule has 1 aliphatic heterocycles. The van der Waals surface area contributed by atoms with Gasteiger partial charge >= 0.3 is 6.18 Å². The van der Waals surface area contributed by atoms with Crippen molar-refractivity contribution in [2.24, 2.45) is 10.2 Å². The van der Waals surface area contributed by atoms with Crippen LogP contribution >= 0.6 is 23.4 Å². The van der Waals surface area contributed by atoms with Crippen LogP contribution < -0.4 is 15.4 Å². The minimum Gasteiger partial charge on any atom is -0.497 e. The number of nitrogens with one attached hydrogen (secondary N) is 2. The molecule has 2 N–H and O–H groups in total. The maximum absolute atomic E-state index is 13.0. The van der Waals surface area contributed by atoms with Crippen LogP contribution in [0.5, 0.6) is 5.75 Å². The molecule has 2 aromatic carbocycles. The van der Waals surface area contributed by atoms with Crippen molar-refractivity contribution in [3.05, 3.63) is 58.6 Å². The average molecular weight is 499 g/mol. The van der Waals surface area contributed by atoms with Gasteiger partial charge in [-0.2, -0.15) is 18.3 Å². The van der Waals surface area contributed by atoms with Crippen molar-refractivity contribution in [3.8, 4) is 5.75 Å². The molecule has 0 saturated carbocycles. The Bertz CT molecular complexity index is 1120. The molecule has 0 bridgehead atoms. The summed E-state index contributed by atoms with van der Waals surface area (Å²) in [5.41, 5.74) is 0.277. The highest BCUT2D eigenvalue weighted by Gasteiger charge is 2.34. The molecule has 0 radical (unpaired) electrons. The summed E-state index contributed by atoms with van der Waals surface area (Å²) in [6.07, 6.45) is -4.92. The van der Waals surface area contributed by atoms with Gasteiger partial charge in [-0.3, -0.25) is 9.59 Å². The van der Waals surface area contributed by atoms with Crippen molar-refractivity contribution in [2.45, 2.75) is 24.8 Å². The summed E-state index contributed by atoms with van der Waals surface area (Å²) in [4.78, 5) is 24.4. The summed E-state index contributed by atoms with van der Waals surface area (Å²) in [6, 6.07) is 10.2. The van der Waals surface area contributed by atoms with Crippen molar-refractivity contribution in [2.75, 3.05) is 12.4 Å². The molecule has 3 rings (SSSR count). The molecule has 0 spiro atoms. The number of nitrogens with zero attached hydrogens (tertiary/aromatic N) is 2. The zero-order valence-electron chi connectivity index (χ0n) is 17.4. The van der Waals surface area contributed by atoms with E-state index in [1.165, 1.54) is 6.07 Å². The van der Waals surface area contributed by atoms with Crippen LogP contribution in [0.15, 0.2) is 52.7 Å². The highest BCUT2D eigenvalue weighted by atomic mass is 35.5. The summed E-state index contributed by atoms with van der Waals surface area (Å²) in [7, 11) is 1.56. The Balaban J connectivity index is 1.61. The van der Waals surface area contributed by atoms with Gasteiger partial charge in [0.1, 0.15) is 11.0 Å². The highest BCUT2D eigenvalue weighted by Crippen LogP contribution is 2.36. The van der Waals surface area contributed by atoms with Gasteiger partial charge in [-0.1, -0.05) is 23.4 Å². The van der Waals surface area contributed by atoms with Gasteiger partial charge in [0, 0.05) is 12.1 Å². The van der Waals surface area contributed by atoms with E-state index in [1.807, 2.05) is 12.1 Å². The first kappa shape index (κ1) is 24.6. The fraction of sp³-hybridized carbons (Fsp3) is 0.238. The second-order valence-electron chi connectivity index (χ2n) is 6.86. The molecule has 33 heavy (non-hydrogen) atoms. The number of hydrogen-bond acceptors (Lipinski definition) is 6. The Morgan fingerprint density at radius 3 is 2.58 bits per heavy atom. The third-order valence-electron chi connectivity index (χ3n) is 4.50. The number of methoxy groups -OCH3 is 1. The van der Waals surface area contributed by atoms with E-state index in [0.29, 0.717) is 11.5 Å².